The first-order valence-corrected chi connectivity index (χ1v) is 7.73. The number of ketones is 1. The summed E-state index contributed by atoms with van der Waals surface area (Å²) in [7, 11) is 1.81. The molecule has 1 heterocycles. The van der Waals surface area contributed by atoms with Gasteiger partial charge in [0.2, 0.25) is 0 Å². The van der Waals surface area contributed by atoms with Crippen molar-refractivity contribution in [3.63, 3.8) is 0 Å². The van der Waals surface area contributed by atoms with Crippen LogP contribution in [0.2, 0.25) is 0 Å². The van der Waals surface area contributed by atoms with Crippen molar-refractivity contribution in [2.45, 2.75) is 13.1 Å². The first-order valence-electron chi connectivity index (χ1n) is 7.73. The Morgan fingerprint density at radius 2 is 1.60 bits per heavy atom. The molecule has 0 atom stereocenters. The van der Waals surface area contributed by atoms with Crippen molar-refractivity contribution < 1.29 is 18.0 Å². The second-order valence-corrected chi connectivity index (χ2v) is 5.82. The van der Waals surface area contributed by atoms with Crippen LogP contribution in [0, 0.1) is 0 Å². The number of nitrogens with zero attached hydrogens (tertiary/aromatic N) is 1. The van der Waals surface area contributed by atoms with Gasteiger partial charge in [-0.3, -0.25) is 4.79 Å². The number of alkyl halides is 3. The van der Waals surface area contributed by atoms with Gasteiger partial charge < -0.3 is 4.57 Å². The highest BCUT2D eigenvalue weighted by atomic mass is 19.4. The van der Waals surface area contributed by atoms with E-state index in [9.17, 15) is 18.0 Å². The third kappa shape index (κ3) is 3.09. The topological polar surface area (TPSA) is 22.0 Å². The van der Waals surface area contributed by atoms with E-state index in [0.717, 1.165) is 24.1 Å². The highest BCUT2D eigenvalue weighted by molar-refractivity contribution is 6.05. The van der Waals surface area contributed by atoms with E-state index in [1.54, 1.807) is 12.1 Å². The summed E-state index contributed by atoms with van der Waals surface area (Å²) < 4.78 is 41.8. The molecule has 2 aromatic carbocycles. The Bertz CT molecular complexity index is 966. The molecular formula is C20H16F3NO. The van der Waals surface area contributed by atoms with Crippen molar-refractivity contribution in [2.75, 3.05) is 0 Å². The fourth-order valence-electron chi connectivity index (χ4n) is 3.04. The van der Waals surface area contributed by atoms with Crippen molar-refractivity contribution in [2.24, 2.45) is 7.05 Å². The number of Topliss-reactive ketones (excluding diaryl/α,β-unsaturated/α-hetero) is 1. The van der Waals surface area contributed by atoms with Crippen LogP contribution in [0.5, 0.6) is 0 Å². The number of carbonyl (C=O) groups is 1. The minimum Gasteiger partial charge on any atom is -0.343 e. The number of allylic oxidation sites excluding steroid dienone is 1. The molecule has 0 saturated heterocycles. The van der Waals surface area contributed by atoms with Gasteiger partial charge in [-0.15, -0.1) is 0 Å². The Morgan fingerprint density at radius 1 is 1.00 bits per heavy atom. The van der Waals surface area contributed by atoms with Gasteiger partial charge in [-0.25, -0.2) is 0 Å². The maximum atomic E-state index is 13.3. The molecule has 0 fully saturated rings. The van der Waals surface area contributed by atoms with Gasteiger partial charge >= 0.3 is 6.18 Å². The summed E-state index contributed by atoms with van der Waals surface area (Å²) in [6.45, 7) is 0.937. The molecule has 25 heavy (non-hydrogen) atoms. The fourth-order valence-corrected chi connectivity index (χ4v) is 3.04. The molecule has 0 bridgehead atoms. The lowest BCUT2D eigenvalue weighted by Gasteiger charge is -2.10. The van der Waals surface area contributed by atoms with E-state index in [0.29, 0.717) is 16.6 Å². The number of halogens is 3. The minimum atomic E-state index is -4.70. The van der Waals surface area contributed by atoms with E-state index in [-0.39, 0.29) is 0 Å². The Morgan fingerprint density at radius 3 is 2.20 bits per heavy atom. The average Bonchev–Trinajstić information content (AvgIpc) is 2.84. The Hall–Kier alpha value is -2.82. The Kier molecular flexibility index (Phi) is 4.25. The summed E-state index contributed by atoms with van der Waals surface area (Å²) >= 11 is 0. The lowest BCUT2D eigenvalue weighted by Crippen LogP contribution is -2.17. The normalized spacial score (nSPS) is 12.6. The van der Waals surface area contributed by atoms with Gasteiger partial charge in [0.25, 0.3) is 0 Å². The average molecular weight is 343 g/mol. The monoisotopic (exact) mass is 343 g/mol. The van der Waals surface area contributed by atoms with E-state index in [1.807, 2.05) is 54.1 Å². The summed E-state index contributed by atoms with van der Waals surface area (Å²) in [6, 6.07) is 16.4. The number of hydrogen-bond donors (Lipinski definition) is 0. The van der Waals surface area contributed by atoms with Crippen LogP contribution in [0.3, 0.4) is 0 Å². The Labute approximate surface area is 143 Å². The lowest BCUT2D eigenvalue weighted by molar-refractivity contribution is -0.126. The van der Waals surface area contributed by atoms with Gasteiger partial charge in [0.05, 0.1) is 11.3 Å². The van der Waals surface area contributed by atoms with Crippen LogP contribution in [0.4, 0.5) is 13.2 Å². The third-order valence-electron chi connectivity index (χ3n) is 4.17. The molecule has 0 unspecified atom stereocenters. The number of para-hydroxylation sites is 1. The molecule has 0 aliphatic heterocycles. The smallest absolute Gasteiger partial charge is 0.343 e. The van der Waals surface area contributed by atoms with Gasteiger partial charge in [-0.1, -0.05) is 48.5 Å². The summed E-state index contributed by atoms with van der Waals surface area (Å²) in [4.78, 5) is 11.6. The minimum absolute atomic E-state index is 0.395. The number of aromatic nitrogens is 1. The highest BCUT2D eigenvalue weighted by Crippen LogP contribution is 2.37. The van der Waals surface area contributed by atoms with E-state index in [2.05, 4.69) is 0 Å². The van der Waals surface area contributed by atoms with Crippen molar-refractivity contribution in [3.8, 4) is 11.3 Å². The van der Waals surface area contributed by atoms with Crippen molar-refractivity contribution in [3.05, 3.63) is 65.7 Å². The summed E-state index contributed by atoms with van der Waals surface area (Å²) in [6.07, 6.45) is -3.73. The number of benzene rings is 2. The van der Waals surface area contributed by atoms with Gasteiger partial charge in [-0.2, -0.15) is 13.2 Å². The summed E-state index contributed by atoms with van der Waals surface area (Å²) in [5.41, 5.74) is 1.48. The Balaban J connectivity index is 2.39. The van der Waals surface area contributed by atoms with Crippen LogP contribution >= 0.6 is 0 Å². The molecule has 0 radical (unpaired) electrons. The maximum Gasteiger partial charge on any atom is 0.419 e. The SMILES string of the molecule is CC(=O)/C(=C/c1c(-c2ccccc2)n(C)c2ccccc12)C(F)(F)F. The molecule has 0 aliphatic rings. The maximum absolute atomic E-state index is 13.3. The lowest BCUT2D eigenvalue weighted by atomic mass is 10.0. The third-order valence-corrected chi connectivity index (χ3v) is 4.17. The largest absolute Gasteiger partial charge is 0.419 e. The van der Waals surface area contributed by atoms with Crippen molar-refractivity contribution >= 4 is 22.8 Å². The first kappa shape index (κ1) is 17.0. The molecule has 3 aromatic rings. The van der Waals surface area contributed by atoms with Crippen LogP contribution in [-0.4, -0.2) is 16.5 Å². The zero-order chi connectivity index (χ0) is 18.2. The van der Waals surface area contributed by atoms with Gasteiger partial charge in [0.15, 0.2) is 5.78 Å². The van der Waals surface area contributed by atoms with E-state index >= 15 is 0 Å². The molecule has 0 aliphatic carbocycles. The predicted molar refractivity (Wildman–Crippen MR) is 93.1 cm³/mol. The van der Waals surface area contributed by atoms with E-state index in [4.69, 9.17) is 0 Å². The molecular weight excluding hydrogens is 327 g/mol. The number of aryl methyl sites for hydroxylation is 1. The predicted octanol–water partition coefficient (Wildman–Crippen LogP) is 5.38. The van der Waals surface area contributed by atoms with Crippen LogP contribution < -0.4 is 0 Å². The second-order valence-electron chi connectivity index (χ2n) is 5.82. The molecule has 128 valence electrons. The van der Waals surface area contributed by atoms with Crippen LogP contribution in [0.25, 0.3) is 28.2 Å². The number of hydrogen-bond acceptors (Lipinski definition) is 1. The number of fused-ring (bicyclic) bond motifs is 1. The zero-order valence-electron chi connectivity index (χ0n) is 13.8. The molecule has 5 heteroatoms. The zero-order valence-corrected chi connectivity index (χ0v) is 13.8. The van der Waals surface area contributed by atoms with E-state index in [1.165, 1.54) is 0 Å². The highest BCUT2D eigenvalue weighted by Gasteiger charge is 2.37. The molecule has 3 rings (SSSR count). The van der Waals surface area contributed by atoms with E-state index < -0.39 is 17.5 Å². The van der Waals surface area contributed by atoms with Gasteiger partial charge in [-0.05, 0) is 24.6 Å². The molecule has 0 spiro atoms. The van der Waals surface area contributed by atoms with Crippen LogP contribution in [0.15, 0.2) is 60.2 Å². The molecule has 1 aromatic heterocycles. The van der Waals surface area contributed by atoms with Crippen molar-refractivity contribution in [1.82, 2.24) is 4.57 Å². The summed E-state index contributed by atoms with van der Waals surface area (Å²) in [5, 5.41) is 0.673. The summed E-state index contributed by atoms with van der Waals surface area (Å²) in [5.74, 6) is -1.00. The molecule has 0 amide bonds. The number of carbonyl (C=O) groups excluding carboxylic acids is 1. The molecule has 0 saturated carbocycles. The van der Waals surface area contributed by atoms with Gasteiger partial charge in [0.1, 0.15) is 0 Å². The number of rotatable bonds is 3. The molecule has 2 nitrogen and oxygen atoms in total. The first-order chi connectivity index (χ1) is 11.8. The quantitative estimate of drug-likeness (QED) is 0.585. The standard InChI is InChI=1S/C20H16F3NO/c1-13(25)17(20(21,22)23)12-16-15-10-6-7-11-18(15)24(2)19(16)14-8-4-3-5-9-14/h3-12H,1-2H3/b17-12-. The van der Waals surface area contributed by atoms with Gasteiger partial charge in [0, 0.05) is 23.5 Å². The van der Waals surface area contributed by atoms with Crippen molar-refractivity contribution in [1.29, 1.82) is 0 Å². The molecule has 0 N–H and O–H groups in total. The van der Waals surface area contributed by atoms with Crippen LogP contribution in [0.1, 0.15) is 12.5 Å². The van der Waals surface area contributed by atoms with Crippen LogP contribution in [-0.2, 0) is 11.8 Å². The fraction of sp³-hybridized carbons (Fsp3) is 0.150. The second kappa shape index (κ2) is 6.24.